The molecule has 1 aromatic carbocycles. The first-order chi connectivity index (χ1) is 9.83. The summed E-state index contributed by atoms with van der Waals surface area (Å²) >= 11 is 0. The Morgan fingerprint density at radius 1 is 1.36 bits per heavy atom. The number of hydrogen-bond donors (Lipinski definition) is 2. The lowest BCUT2D eigenvalue weighted by atomic mass is 10.1. The van der Waals surface area contributed by atoms with Crippen molar-refractivity contribution < 1.29 is 13.3 Å². The summed E-state index contributed by atoms with van der Waals surface area (Å²) in [5, 5.41) is 14.2. The summed E-state index contributed by atoms with van der Waals surface area (Å²) in [5.41, 5.74) is 0.748. The topological polar surface area (TPSA) is 101 Å². The van der Waals surface area contributed by atoms with Crippen LogP contribution in [0.3, 0.4) is 0 Å². The van der Waals surface area contributed by atoms with Crippen molar-refractivity contribution in [3.8, 4) is 0 Å². The van der Waals surface area contributed by atoms with E-state index in [2.05, 4.69) is 10.0 Å². The quantitative estimate of drug-likeness (QED) is 0.636. The molecule has 124 valence electrons. The maximum absolute atomic E-state index is 12.6. The van der Waals surface area contributed by atoms with Crippen molar-refractivity contribution in [2.45, 2.75) is 37.6 Å². The molecule has 1 fully saturated rings. The lowest BCUT2D eigenvalue weighted by Gasteiger charge is -2.24. The van der Waals surface area contributed by atoms with E-state index in [9.17, 15) is 18.5 Å². The third kappa shape index (κ3) is 3.95. The van der Waals surface area contributed by atoms with Gasteiger partial charge >= 0.3 is 0 Å². The lowest BCUT2D eigenvalue weighted by Crippen LogP contribution is -2.45. The van der Waals surface area contributed by atoms with Crippen LogP contribution in [0.5, 0.6) is 0 Å². The van der Waals surface area contributed by atoms with Gasteiger partial charge in [0.15, 0.2) is 4.90 Å². The average molecular weight is 350 g/mol. The van der Waals surface area contributed by atoms with Gasteiger partial charge in [-0.2, -0.15) is 0 Å². The molecule has 2 rings (SSSR count). The van der Waals surface area contributed by atoms with Gasteiger partial charge in [-0.25, -0.2) is 13.1 Å². The summed E-state index contributed by atoms with van der Waals surface area (Å²) in [5.74, 6) is 0. The first kappa shape index (κ1) is 18.8. The number of rotatable bonds is 4. The molecule has 1 atom stereocenters. The van der Waals surface area contributed by atoms with Crippen LogP contribution in [0.25, 0.3) is 0 Å². The standard InChI is InChI=1S/C13H19N3O4S.ClH/c1-9-5-6-12(16(17)18)13(10(9)2)21(19,20)15-11-4-3-7-14-8-11;/h5-6,11,14-15H,3-4,7-8H2,1-2H3;1H. The van der Waals surface area contributed by atoms with Crippen LogP contribution in [0, 0.1) is 24.0 Å². The highest BCUT2D eigenvalue weighted by Crippen LogP contribution is 2.29. The molecule has 7 nitrogen and oxygen atoms in total. The van der Waals surface area contributed by atoms with Gasteiger partial charge < -0.3 is 5.32 Å². The summed E-state index contributed by atoms with van der Waals surface area (Å²) in [6.07, 6.45) is 1.60. The van der Waals surface area contributed by atoms with Crippen molar-refractivity contribution in [1.29, 1.82) is 0 Å². The Morgan fingerprint density at radius 2 is 2.05 bits per heavy atom. The Hall–Kier alpha value is -1.22. The number of benzene rings is 1. The molecule has 2 N–H and O–H groups in total. The highest BCUT2D eigenvalue weighted by atomic mass is 35.5. The van der Waals surface area contributed by atoms with Crippen LogP contribution in [0.2, 0.25) is 0 Å². The molecule has 1 aliphatic rings. The van der Waals surface area contributed by atoms with E-state index in [-0.39, 0.29) is 29.0 Å². The minimum absolute atomic E-state index is 0. The summed E-state index contributed by atoms with van der Waals surface area (Å²) in [6.45, 7) is 4.73. The van der Waals surface area contributed by atoms with E-state index in [4.69, 9.17) is 0 Å². The lowest BCUT2D eigenvalue weighted by molar-refractivity contribution is -0.387. The minimum Gasteiger partial charge on any atom is -0.315 e. The van der Waals surface area contributed by atoms with Gasteiger partial charge in [-0.15, -0.1) is 12.4 Å². The third-order valence-corrected chi connectivity index (χ3v) is 5.44. The molecule has 22 heavy (non-hydrogen) atoms. The molecule has 0 saturated carbocycles. The van der Waals surface area contributed by atoms with Crippen LogP contribution in [0.1, 0.15) is 24.0 Å². The fraction of sp³-hybridized carbons (Fsp3) is 0.538. The predicted octanol–water partition coefficient (Wildman–Crippen LogP) is 1.66. The van der Waals surface area contributed by atoms with Crippen molar-refractivity contribution in [3.05, 3.63) is 33.4 Å². The number of aryl methyl sites for hydroxylation is 1. The van der Waals surface area contributed by atoms with E-state index in [0.717, 1.165) is 19.4 Å². The number of nitro benzene ring substituents is 1. The van der Waals surface area contributed by atoms with E-state index in [0.29, 0.717) is 17.7 Å². The normalized spacial score (nSPS) is 18.5. The summed E-state index contributed by atoms with van der Waals surface area (Å²) in [6, 6.07) is 2.58. The van der Waals surface area contributed by atoms with Crippen LogP contribution >= 0.6 is 12.4 Å². The Kier molecular flexibility index (Phi) is 6.30. The molecule has 9 heteroatoms. The third-order valence-electron chi connectivity index (χ3n) is 3.74. The van der Waals surface area contributed by atoms with Gasteiger partial charge in [-0.1, -0.05) is 6.07 Å². The van der Waals surface area contributed by atoms with Gasteiger partial charge in [0.25, 0.3) is 5.69 Å². The molecular formula is C13H20ClN3O4S. The van der Waals surface area contributed by atoms with Gasteiger partial charge in [-0.05, 0) is 44.4 Å². The van der Waals surface area contributed by atoms with Crippen molar-refractivity contribution in [2.75, 3.05) is 13.1 Å². The Labute approximate surface area is 136 Å². The molecule has 1 aliphatic heterocycles. The fourth-order valence-corrected chi connectivity index (χ4v) is 4.23. The monoisotopic (exact) mass is 349 g/mol. The largest absolute Gasteiger partial charge is 0.315 e. The zero-order valence-electron chi connectivity index (χ0n) is 12.5. The SMILES string of the molecule is Cc1ccc([N+](=O)[O-])c(S(=O)(=O)NC2CCCNC2)c1C.Cl. The number of halogens is 1. The maximum atomic E-state index is 12.6. The number of nitrogens with zero attached hydrogens (tertiary/aromatic N) is 1. The van der Waals surface area contributed by atoms with Gasteiger partial charge in [-0.3, -0.25) is 10.1 Å². The van der Waals surface area contributed by atoms with Crippen molar-refractivity contribution in [3.63, 3.8) is 0 Å². The zero-order valence-corrected chi connectivity index (χ0v) is 14.1. The second kappa shape index (κ2) is 7.36. The smallest absolute Gasteiger partial charge is 0.289 e. The molecule has 0 aromatic heterocycles. The van der Waals surface area contributed by atoms with Gasteiger partial charge in [0.05, 0.1) is 4.92 Å². The van der Waals surface area contributed by atoms with Gasteiger partial charge in [0, 0.05) is 18.7 Å². The number of hydrogen-bond acceptors (Lipinski definition) is 5. The molecule has 1 unspecified atom stereocenters. The number of piperidine rings is 1. The zero-order chi connectivity index (χ0) is 15.6. The van der Waals surface area contributed by atoms with Crippen LogP contribution in [0.15, 0.2) is 17.0 Å². The molecule has 0 spiro atoms. The molecule has 0 aliphatic carbocycles. The van der Waals surface area contributed by atoms with E-state index < -0.39 is 14.9 Å². The second-order valence-electron chi connectivity index (χ2n) is 5.28. The van der Waals surface area contributed by atoms with Crippen LogP contribution in [0.4, 0.5) is 5.69 Å². The van der Waals surface area contributed by atoms with E-state index in [1.54, 1.807) is 19.9 Å². The van der Waals surface area contributed by atoms with Crippen LogP contribution in [-0.4, -0.2) is 32.5 Å². The number of nitrogens with one attached hydrogen (secondary N) is 2. The molecule has 0 radical (unpaired) electrons. The molecule has 1 saturated heterocycles. The highest BCUT2D eigenvalue weighted by molar-refractivity contribution is 7.89. The van der Waals surface area contributed by atoms with E-state index in [1.807, 2.05) is 0 Å². The van der Waals surface area contributed by atoms with E-state index >= 15 is 0 Å². The van der Waals surface area contributed by atoms with Gasteiger partial charge in [0.1, 0.15) is 0 Å². The van der Waals surface area contributed by atoms with Crippen LogP contribution in [-0.2, 0) is 10.0 Å². The maximum Gasteiger partial charge on any atom is 0.289 e. The highest BCUT2D eigenvalue weighted by Gasteiger charge is 2.31. The molecular weight excluding hydrogens is 330 g/mol. The predicted molar refractivity (Wildman–Crippen MR) is 86.0 cm³/mol. The number of nitro groups is 1. The fourth-order valence-electron chi connectivity index (χ4n) is 2.49. The molecule has 1 heterocycles. The van der Waals surface area contributed by atoms with Crippen molar-refractivity contribution >= 4 is 28.1 Å². The molecule has 1 aromatic rings. The average Bonchev–Trinajstić information content (AvgIpc) is 2.41. The molecule has 0 amide bonds. The Morgan fingerprint density at radius 3 is 2.59 bits per heavy atom. The first-order valence-corrected chi connectivity index (χ1v) is 8.29. The van der Waals surface area contributed by atoms with Gasteiger partial charge in [0.2, 0.25) is 10.0 Å². The first-order valence-electron chi connectivity index (χ1n) is 6.80. The summed E-state index contributed by atoms with van der Waals surface area (Å²) in [7, 11) is -3.92. The van der Waals surface area contributed by atoms with E-state index in [1.165, 1.54) is 6.07 Å². The Bertz CT molecular complexity index is 657. The number of sulfonamides is 1. The summed E-state index contributed by atoms with van der Waals surface area (Å²) in [4.78, 5) is 10.2. The van der Waals surface area contributed by atoms with Crippen LogP contribution < -0.4 is 10.0 Å². The summed E-state index contributed by atoms with van der Waals surface area (Å²) < 4.78 is 27.7. The van der Waals surface area contributed by atoms with Crippen molar-refractivity contribution in [1.82, 2.24) is 10.0 Å². The van der Waals surface area contributed by atoms with Crippen molar-refractivity contribution in [2.24, 2.45) is 0 Å². The molecule has 0 bridgehead atoms. The minimum atomic E-state index is -3.92. The Balaban J connectivity index is 0.00000242. The second-order valence-corrected chi connectivity index (χ2v) is 6.93.